The van der Waals surface area contributed by atoms with Crippen LogP contribution >= 0.6 is 0 Å². The molecule has 20 heavy (non-hydrogen) atoms. The number of nitrogens with one attached hydrogen (secondary N) is 1. The van der Waals surface area contributed by atoms with Crippen molar-refractivity contribution in [2.24, 2.45) is 0 Å². The summed E-state index contributed by atoms with van der Waals surface area (Å²) in [5, 5.41) is 3.41. The molecule has 0 atom stereocenters. The van der Waals surface area contributed by atoms with Crippen molar-refractivity contribution in [1.29, 1.82) is 0 Å². The van der Waals surface area contributed by atoms with Gasteiger partial charge in [-0.2, -0.15) is 0 Å². The highest BCUT2D eigenvalue weighted by Gasteiger charge is 2.10. The predicted octanol–water partition coefficient (Wildman–Crippen LogP) is 3.64. The molecule has 1 aromatic rings. The second-order valence-electron chi connectivity index (χ2n) is 5.14. The van der Waals surface area contributed by atoms with Crippen LogP contribution in [0.15, 0.2) is 24.3 Å². The fourth-order valence-corrected chi connectivity index (χ4v) is 2.22. The van der Waals surface area contributed by atoms with E-state index in [1.807, 2.05) is 6.07 Å². The van der Waals surface area contributed by atoms with Crippen molar-refractivity contribution in [2.45, 2.75) is 33.1 Å². The molecule has 110 valence electrons. The van der Waals surface area contributed by atoms with Crippen molar-refractivity contribution in [3.8, 4) is 11.5 Å². The number of ether oxygens (including phenoxy) is 2. The van der Waals surface area contributed by atoms with E-state index < -0.39 is 0 Å². The van der Waals surface area contributed by atoms with E-state index >= 15 is 0 Å². The minimum atomic E-state index is 0.736. The van der Waals surface area contributed by atoms with Gasteiger partial charge in [0.05, 0.1) is 13.2 Å². The molecule has 0 aromatic heterocycles. The van der Waals surface area contributed by atoms with Crippen LogP contribution in [0.2, 0.25) is 0 Å². The van der Waals surface area contributed by atoms with Crippen LogP contribution in [0, 0.1) is 0 Å². The number of allylic oxidation sites excluding steroid dienone is 1. The normalized spacial score (nSPS) is 15.0. The van der Waals surface area contributed by atoms with E-state index in [0.29, 0.717) is 0 Å². The minimum Gasteiger partial charge on any atom is -0.490 e. The number of rotatable bonds is 6. The van der Waals surface area contributed by atoms with Crippen molar-refractivity contribution >= 4 is 5.57 Å². The molecule has 0 unspecified atom stereocenters. The van der Waals surface area contributed by atoms with Crippen molar-refractivity contribution < 1.29 is 9.47 Å². The van der Waals surface area contributed by atoms with Gasteiger partial charge in [-0.3, -0.25) is 0 Å². The molecule has 0 spiro atoms. The summed E-state index contributed by atoms with van der Waals surface area (Å²) in [6, 6.07) is 6.22. The second kappa shape index (κ2) is 7.95. The zero-order valence-corrected chi connectivity index (χ0v) is 12.6. The van der Waals surface area contributed by atoms with E-state index in [1.54, 1.807) is 0 Å². The fraction of sp³-hybridized carbons (Fsp3) is 0.529. The van der Waals surface area contributed by atoms with Crippen molar-refractivity contribution in [3.63, 3.8) is 0 Å². The molecule has 0 fully saturated rings. The summed E-state index contributed by atoms with van der Waals surface area (Å²) in [7, 11) is 0. The maximum absolute atomic E-state index is 5.73. The predicted molar refractivity (Wildman–Crippen MR) is 83.5 cm³/mol. The van der Waals surface area contributed by atoms with Crippen LogP contribution < -0.4 is 14.8 Å². The van der Waals surface area contributed by atoms with Crippen LogP contribution in [0.5, 0.6) is 11.5 Å². The summed E-state index contributed by atoms with van der Waals surface area (Å²) in [4.78, 5) is 0. The van der Waals surface area contributed by atoms with E-state index in [4.69, 9.17) is 9.47 Å². The minimum absolute atomic E-state index is 0.736. The van der Waals surface area contributed by atoms with Crippen LogP contribution in [-0.2, 0) is 0 Å². The van der Waals surface area contributed by atoms with Crippen LogP contribution in [-0.4, -0.2) is 26.3 Å². The lowest BCUT2D eigenvalue weighted by atomic mass is 10.1. The van der Waals surface area contributed by atoms with Gasteiger partial charge in [0, 0.05) is 6.42 Å². The molecular formula is C17H25NO2. The van der Waals surface area contributed by atoms with Gasteiger partial charge in [0.25, 0.3) is 0 Å². The summed E-state index contributed by atoms with van der Waals surface area (Å²) in [6.07, 6.45) is 5.47. The highest BCUT2D eigenvalue weighted by molar-refractivity contribution is 5.66. The Balaban J connectivity index is 1.97. The summed E-state index contributed by atoms with van der Waals surface area (Å²) in [5.41, 5.74) is 2.50. The van der Waals surface area contributed by atoms with Gasteiger partial charge in [-0.1, -0.05) is 19.1 Å². The number of hydrogen-bond acceptors (Lipinski definition) is 3. The molecule has 1 aliphatic rings. The molecule has 1 heterocycles. The first-order valence-electron chi connectivity index (χ1n) is 7.58. The van der Waals surface area contributed by atoms with E-state index in [2.05, 4.69) is 37.4 Å². The van der Waals surface area contributed by atoms with Crippen LogP contribution in [0.3, 0.4) is 0 Å². The Morgan fingerprint density at radius 1 is 1.20 bits per heavy atom. The van der Waals surface area contributed by atoms with Gasteiger partial charge >= 0.3 is 0 Å². The van der Waals surface area contributed by atoms with E-state index in [9.17, 15) is 0 Å². The fourth-order valence-electron chi connectivity index (χ4n) is 2.22. The number of benzene rings is 1. The molecule has 0 saturated heterocycles. The standard InChI is InChI=1S/C17H25NO2/c1-3-9-18-10-4-6-14(2)15-7-8-16-17(13-15)20-12-5-11-19-16/h6-8,13,18H,3-5,9-12H2,1-2H3. The molecule has 1 aromatic carbocycles. The maximum atomic E-state index is 5.73. The molecule has 0 aliphatic carbocycles. The van der Waals surface area contributed by atoms with Gasteiger partial charge in [0.2, 0.25) is 0 Å². The van der Waals surface area contributed by atoms with Crippen LogP contribution in [0.1, 0.15) is 38.7 Å². The Bertz CT molecular complexity index is 454. The molecule has 1 N–H and O–H groups in total. The first-order valence-corrected chi connectivity index (χ1v) is 7.58. The first-order chi connectivity index (χ1) is 9.81. The van der Waals surface area contributed by atoms with Crippen LogP contribution in [0.25, 0.3) is 5.57 Å². The van der Waals surface area contributed by atoms with E-state index in [-0.39, 0.29) is 0 Å². The number of fused-ring (bicyclic) bond motifs is 1. The summed E-state index contributed by atoms with van der Waals surface area (Å²) >= 11 is 0. The molecular weight excluding hydrogens is 250 g/mol. The Hall–Kier alpha value is -1.48. The highest BCUT2D eigenvalue weighted by atomic mass is 16.5. The van der Waals surface area contributed by atoms with Crippen molar-refractivity contribution in [2.75, 3.05) is 26.3 Å². The Morgan fingerprint density at radius 3 is 2.80 bits per heavy atom. The molecule has 2 rings (SSSR count). The second-order valence-corrected chi connectivity index (χ2v) is 5.14. The summed E-state index contributed by atoms with van der Waals surface area (Å²) < 4.78 is 11.4. The van der Waals surface area contributed by atoms with Gasteiger partial charge in [-0.25, -0.2) is 0 Å². The Labute approximate surface area is 122 Å². The zero-order valence-electron chi connectivity index (χ0n) is 12.6. The Morgan fingerprint density at radius 2 is 2.00 bits per heavy atom. The zero-order chi connectivity index (χ0) is 14.2. The lowest BCUT2D eigenvalue weighted by Gasteiger charge is -2.10. The molecule has 0 radical (unpaired) electrons. The SMILES string of the molecule is CCCNCCC=C(C)c1ccc2c(c1)OCCCO2. The van der Waals surface area contributed by atoms with Gasteiger partial charge in [0.15, 0.2) is 11.5 Å². The van der Waals surface area contributed by atoms with Crippen molar-refractivity contribution in [3.05, 3.63) is 29.8 Å². The third-order valence-corrected chi connectivity index (χ3v) is 3.40. The average Bonchev–Trinajstić information content (AvgIpc) is 2.71. The molecule has 0 amide bonds. The topological polar surface area (TPSA) is 30.5 Å². The summed E-state index contributed by atoms with van der Waals surface area (Å²) in [6.45, 7) is 7.95. The van der Waals surface area contributed by atoms with E-state index in [0.717, 1.165) is 50.6 Å². The van der Waals surface area contributed by atoms with Crippen molar-refractivity contribution in [1.82, 2.24) is 5.32 Å². The molecule has 3 nitrogen and oxygen atoms in total. The molecule has 3 heteroatoms. The van der Waals surface area contributed by atoms with Gasteiger partial charge in [-0.05, 0) is 56.1 Å². The molecule has 0 bridgehead atoms. The largest absolute Gasteiger partial charge is 0.490 e. The van der Waals surface area contributed by atoms with Gasteiger partial charge in [-0.15, -0.1) is 0 Å². The third-order valence-electron chi connectivity index (χ3n) is 3.40. The average molecular weight is 275 g/mol. The van der Waals surface area contributed by atoms with E-state index in [1.165, 1.54) is 17.6 Å². The summed E-state index contributed by atoms with van der Waals surface area (Å²) in [5.74, 6) is 1.74. The third kappa shape index (κ3) is 4.27. The first kappa shape index (κ1) is 14.9. The lowest BCUT2D eigenvalue weighted by molar-refractivity contribution is 0.297. The Kier molecular flexibility index (Phi) is 5.93. The molecule has 1 aliphatic heterocycles. The van der Waals surface area contributed by atoms with Gasteiger partial charge < -0.3 is 14.8 Å². The number of hydrogen-bond donors (Lipinski definition) is 1. The maximum Gasteiger partial charge on any atom is 0.161 e. The van der Waals surface area contributed by atoms with Gasteiger partial charge in [0.1, 0.15) is 0 Å². The molecule has 0 saturated carbocycles. The lowest BCUT2D eigenvalue weighted by Crippen LogP contribution is -2.15. The highest BCUT2D eigenvalue weighted by Crippen LogP contribution is 2.32. The van der Waals surface area contributed by atoms with Crippen LogP contribution in [0.4, 0.5) is 0 Å². The monoisotopic (exact) mass is 275 g/mol. The quantitative estimate of drug-likeness (QED) is 0.804. The smallest absolute Gasteiger partial charge is 0.161 e.